The van der Waals surface area contributed by atoms with E-state index in [0.717, 1.165) is 19.3 Å². The Bertz CT molecular complexity index is 220. The Hall–Kier alpha value is -0.320. The van der Waals surface area contributed by atoms with Crippen LogP contribution in [0.4, 0.5) is 17.6 Å². The summed E-state index contributed by atoms with van der Waals surface area (Å²) < 4.78 is 49.3. The number of hydrogen-bond donors (Lipinski definition) is 1. The van der Waals surface area contributed by atoms with E-state index < -0.39 is 18.9 Å². The summed E-state index contributed by atoms with van der Waals surface area (Å²) in [5.74, 6) is -3.15. The molecule has 0 heterocycles. The van der Waals surface area contributed by atoms with Gasteiger partial charge in [0.15, 0.2) is 0 Å². The highest BCUT2D eigenvalue weighted by molar-refractivity contribution is 4.84. The van der Waals surface area contributed by atoms with E-state index in [1.54, 1.807) is 0 Å². The third-order valence-electron chi connectivity index (χ3n) is 3.38. The van der Waals surface area contributed by atoms with E-state index in [1.807, 2.05) is 6.92 Å². The predicted octanol–water partition coefficient (Wildman–Crippen LogP) is 3.30. The minimum absolute atomic E-state index is 0.0617. The number of hydrogen-bond acceptors (Lipinski definition) is 1. The standard InChI is InChI=1S/C11H19F4N/c1-7-3-4-8(2)9(5-7)16-6-11(14,15)10(12)13/h7-10,16H,3-6H2,1-2H3. The minimum atomic E-state index is -3.92. The van der Waals surface area contributed by atoms with Gasteiger partial charge in [-0.2, -0.15) is 8.78 Å². The van der Waals surface area contributed by atoms with Crippen molar-refractivity contribution >= 4 is 0 Å². The fraction of sp³-hybridized carbons (Fsp3) is 1.00. The average Bonchev–Trinajstić information content (AvgIpc) is 2.19. The highest BCUT2D eigenvalue weighted by Crippen LogP contribution is 2.29. The lowest BCUT2D eigenvalue weighted by Gasteiger charge is -2.34. The summed E-state index contributed by atoms with van der Waals surface area (Å²) in [5.41, 5.74) is 0. The van der Waals surface area contributed by atoms with Crippen LogP contribution in [0.25, 0.3) is 0 Å². The van der Waals surface area contributed by atoms with Gasteiger partial charge in [-0.3, -0.25) is 0 Å². The Labute approximate surface area is 93.6 Å². The summed E-state index contributed by atoms with van der Waals surface area (Å²) in [4.78, 5) is 0. The van der Waals surface area contributed by atoms with Crippen molar-refractivity contribution in [2.24, 2.45) is 11.8 Å². The second-order valence-electron chi connectivity index (χ2n) is 4.94. The Kier molecular flexibility index (Phi) is 4.59. The highest BCUT2D eigenvalue weighted by Gasteiger charge is 2.41. The van der Waals surface area contributed by atoms with Gasteiger partial charge in [0.05, 0.1) is 6.54 Å². The Morgan fingerprint density at radius 1 is 1.25 bits per heavy atom. The van der Waals surface area contributed by atoms with Gasteiger partial charge in [-0.15, -0.1) is 0 Å². The van der Waals surface area contributed by atoms with E-state index in [1.165, 1.54) is 0 Å². The van der Waals surface area contributed by atoms with E-state index in [-0.39, 0.29) is 12.0 Å². The molecule has 1 saturated carbocycles. The first-order valence-corrected chi connectivity index (χ1v) is 5.72. The average molecular weight is 241 g/mol. The van der Waals surface area contributed by atoms with E-state index in [4.69, 9.17) is 0 Å². The van der Waals surface area contributed by atoms with Gasteiger partial charge in [-0.1, -0.05) is 20.3 Å². The van der Waals surface area contributed by atoms with Crippen molar-refractivity contribution in [3.63, 3.8) is 0 Å². The van der Waals surface area contributed by atoms with Gasteiger partial charge in [0.1, 0.15) is 0 Å². The Balaban J connectivity index is 2.41. The van der Waals surface area contributed by atoms with Crippen molar-refractivity contribution in [3.05, 3.63) is 0 Å². The van der Waals surface area contributed by atoms with E-state index in [2.05, 4.69) is 12.2 Å². The number of halogens is 4. The number of alkyl halides is 4. The molecule has 1 rings (SSSR count). The summed E-state index contributed by atoms with van der Waals surface area (Å²) in [7, 11) is 0. The summed E-state index contributed by atoms with van der Waals surface area (Å²) >= 11 is 0. The van der Waals surface area contributed by atoms with Crippen molar-refractivity contribution < 1.29 is 17.6 Å². The van der Waals surface area contributed by atoms with Crippen LogP contribution in [-0.4, -0.2) is 24.9 Å². The van der Waals surface area contributed by atoms with Gasteiger partial charge < -0.3 is 5.32 Å². The maximum absolute atomic E-state index is 12.7. The lowest BCUT2D eigenvalue weighted by Crippen LogP contribution is -2.47. The lowest BCUT2D eigenvalue weighted by molar-refractivity contribution is -0.127. The molecule has 0 aromatic carbocycles. The van der Waals surface area contributed by atoms with Crippen LogP contribution in [0.2, 0.25) is 0 Å². The van der Waals surface area contributed by atoms with Gasteiger partial charge >= 0.3 is 12.3 Å². The van der Waals surface area contributed by atoms with Gasteiger partial charge in [0, 0.05) is 6.04 Å². The molecule has 3 atom stereocenters. The zero-order valence-electron chi connectivity index (χ0n) is 9.65. The van der Waals surface area contributed by atoms with Crippen LogP contribution in [-0.2, 0) is 0 Å². The van der Waals surface area contributed by atoms with Crippen LogP contribution in [0.15, 0.2) is 0 Å². The van der Waals surface area contributed by atoms with Crippen LogP contribution in [0.3, 0.4) is 0 Å². The largest absolute Gasteiger partial charge is 0.319 e. The van der Waals surface area contributed by atoms with Crippen LogP contribution < -0.4 is 5.32 Å². The SMILES string of the molecule is CC1CCC(C)C(NCC(F)(F)C(F)F)C1. The van der Waals surface area contributed by atoms with E-state index in [9.17, 15) is 17.6 Å². The van der Waals surface area contributed by atoms with Gasteiger partial charge in [-0.05, 0) is 24.7 Å². The molecule has 0 aliphatic heterocycles. The fourth-order valence-corrected chi connectivity index (χ4v) is 2.16. The molecular weight excluding hydrogens is 222 g/mol. The fourth-order valence-electron chi connectivity index (χ4n) is 2.16. The molecule has 0 saturated heterocycles. The molecule has 0 aromatic rings. The first-order chi connectivity index (χ1) is 7.33. The molecule has 96 valence electrons. The van der Waals surface area contributed by atoms with Crippen molar-refractivity contribution in [2.75, 3.05) is 6.54 Å². The van der Waals surface area contributed by atoms with Crippen LogP contribution in [0, 0.1) is 11.8 Å². The van der Waals surface area contributed by atoms with Gasteiger partial charge in [0.2, 0.25) is 0 Å². The molecule has 0 aromatic heterocycles. The molecule has 0 bridgehead atoms. The van der Waals surface area contributed by atoms with Crippen molar-refractivity contribution in [3.8, 4) is 0 Å². The van der Waals surface area contributed by atoms with Crippen LogP contribution in [0.5, 0.6) is 0 Å². The summed E-state index contributed by atoms with van der Waals surface area (Å²) in [6, 6.07) is -0.0617. The lowest BCUT2D eigenvalue weighted by atomic mass is 9.80. The normalized spacial score (nSPS) is 32.1. The Morgan fingerprint density at radius 2 is 1.88 bits per heavy atom. The Morgan fingerprint density at radius 3 is 2.44 bits per heavy atom. The second kappa shape index (κ2) is 5.34. The maximum atomic E-state index is 12.7. The van der Waals surface area contributed by atoms with E-state index in [0.29, 0.717) is 5.92 Å². The molecule has 16 heavy (non-hydrogen) atoms. The number of nitrogens with one attached hydrogen (secondary N) is 1. The third kappa shape index (κ3) is 3.61. The topological polar surface area (TPSA) is 12.0 Å². The maximum Gasteiger partial charge on any atom is 0.319 e. The predicted molar refractivity (Wildman–Crippen MR) is 54.9 cm³/mol. The minimum Gasteiger partial charge on any atom is -0.308 e. The smallest absolute Gasteiger partial charge is 0.308 e. The number of rotatable bonds is 4. The summed E-state index contributed by atoms with van der Waals surface area (Å²) in [6.45, 7) is 3.11. The van der Waals surface area contributed by atoms with Gasteiger partial charge in [0.25, 0.3) is 0 Å². The van der Waals surface area contributed by atoms with Crippen molar-refractivity contribution in [1.82, 2.24) is 5.32 Å². The molecule has 0 radical (unpaired) electrons. The molecule has 1 N–H and O–H groups in total. The highest BCUT2D eigenvalue weighted by atomic mass is 19.3. The van der Waals surface area contributed by atoms with Gasteiger partial charge in [-0.25, -0.2) is 8.78 Å². The molecule has 1 aliphatic carbocycles. The molecule has 1 nitrogen and oxygen atoms in total. The molecule has 3 unspecified atom stereocenters. The van der Waals surface area contributed by atoms with Crippen molar-refractivity contribution in [2.45, 2.75) is 51.5 Å². The zero-order chi connectivity index (χ0) is 12.3. The molecule has 0 amide bonds. The van der Waals surface area contributed by atoms with Crippen LogP contribution >= 0.6 is 0 Å². The quantitative estimate of drug-likeness (QED) is 0.745. The van der Waals surface area contributed by atoms with Crippen molar-refractivity contribution in [1.29, 1.82) is 0 Å². The third-order valence-corrected chi connectivity index (χ3v) is 3.38. The second-order valence-corrected chi connectivity index (χ2v) is 4.94. The summed E-state index contributed by atoms with van der Waals surface area (Å²) in [6.07, 6.45) is -0.735. The molecular formula is C11H19F4N. The molecule has 1 fully saturated rings. The van der Waals surface area contributed by atoms with E-state index >= 15 is 0 Å². The first kappa shape index (κ1) is 13.7. The first-order valence-electron chi connectivity index (χ1n) is 5.72. The monoisotopic (exact) mass is 241 g/mol. The zero-order valence-corrected chi connectivity index (χ0v) is 9.65. The molecule has 0 spiro atoms. The van der Waals surface area contributed by atoms with Crippen LogP contribution in [0.1, 0.15) is 33.1 Å². The molecule has 1 aliphatic rings. The molecule has 5 heteroatoms. The summed E-state index contributed by atoms with van der Waals surface area (Å²) in [5, 5.41) is 2.59.